The molecule has 1 unspecified atom stereocenters. The van der Waals surface area contributed by atoms with E-state index in [1.807, 2.05) is 28.8 Å². The Kier molecular flexibility index (Phi) is 4.68. The van der Waals surface area contributed by atoms with Crippen molar-refractivity contribution in [3.63, 3.8) is 0 Å². The standard InChI is InChI=1S/C14H22BrN3O/c1-4-11(2)17-5-7-18(8-6-17)14(19)13-9-12(15)10-16(13)3/h9-11H,4-8H2,1-3H3. The number of amides is 1. The number of hydrogen-bond acceptors (Lipinski definition) is 2. The largest absolute Gasteiger partial charge is 0.345 e. The van der Waals surface area contributed by atoms with E-state index in [1.165, 1.54) is 6.42 Å². The number of hydrogen-bond donors (Lipinski definition) is 0. The Morgan fingerprint density at radius 2 is 2.00 bits per heavy atom. The molecule has 0 bridgehead atoms. The number of aromatic nitrogens is 1. The van der Waals surface area contributed by atoms with Crippen LogP contribution in [0.15, 0.2) is 16.7 Å². The third-order valence-corrected chi connectivity index (χ3v) is 4.44. The lowest BCUT2D eigenvalue weighted by molar-refractivity contribution is 0.0571. The molecular weight excluding hydrogens is 306 g/mol. The van der Waals surface area contributed by atoms with Crippen molar-refractivity contribution in [1.29, 1.82) is 0 Å². The summed E-state index contributed by atoms with van der Waals surface area (Å²) in [6.07, 6.45) is 3.08. The first-order valence-electron chi connectivity index (χ1n) is 6.88. The Bertz CT molecular complexity index is 450. The van der Waals surface area contributed by atoms with Crippen LogP contribution < -0.4 is 0 Å². The fraction of sp³-hybridized carbons (Fsp3) is 0.643. The average Bonchev–Trinajstić information content (AvgIpc) is 2.76. The molecule has 1 aliphatic rings. The summed E-state index contributed by atoms with van der Waals surface area (Å²) in [6, 6.07) is 2.50. The van der Waals surface area contributed by atoms with E-state index in [0.717, 1.165) is 36.3 Å². The maximum Gasteiger partial charge on any atom is 0.270 e. The second-order valence-corrected chi connectivity index (χ2v) is 6.16. The van der Waals surface area contributed by atoms with Gasteiger partial charge in [-0.15, -0.1) is 0 Å². The summed E-state index contributed by atoms with van der Waals surface area (Å²) < 4.78 is 2.84. The molecular formula is C14H22BrN3O. The van der Waals surface area contributed by atoms with Crippen molar-refractivity contribution in [2.45, 2.75) is 26.3 Å². The van der Waals surface area contributed by atoms with E-state index < -0.39 is 0 Å². The quantitative estimate of drug-likeness (QED) is 0.852. The molecule has 1 atom stereocenters. The molecule has 1 aliphatic heterocycles. The zero-order valence-electron chi connectivity index (χ0n) is 11.9. The predicted octanol–water partition coefficient (Wildman–Crippen LogP) is 2.34. The Morgan fingerprint density at radius 3 is 2.47 bits per heavy atom. The van der Waals surface area contributed by atoms with Crippen molar-refractivity contribution < 1.29 is 4.79 Å². The van der Waals surface area contributed by atoms with E-state index in [4.69, 9.17) is 0 Å². The van der Waals surface area contributed by atoms with Gasteiger partial charge in [0.05, 0.1) is 0 Å². The Balaban J connectivity index is 1.98. The van der Waals surface area contributed by atoms with Crippen LogP contribution in [-0.4, -0.2) is 52.5 Å². The van der Waals surface area contributed by atoms with Crippen molar-refractivity contribution in [3.8, 4) is 0 Å². The molecule has 0 N–H and O–H groups in total. The van der Waals surface area contributed by atoms with Gasteiger partial charge in [0.1, 0.15) is 5.69 Å². The zero-order valence-corrected chi connectivity index (χ0v) is 13.5. The summed E-state index contributed by atoms with van der Waals surface area (Å²) in [5.41, 5.74) is 0.754. The van der Waals surface area contributed by atoms with E-state index >= 15 is 0 Å². The van der Waals surface area contributed by atoms with E-state index in [1.54, 1.807) is 0 Å². The highest BCUT2D eigenvalue weighted by Gasteiger charge is 2.25. The second-order valence-electron chi connectivity index (χ2n) is 5.24. The van der Waals surface area contributed by atoms with Crippen LogP contribution in [0.2, 0.25) is 0 Å². The van der Waals surface area contributed by atoms with E-state index in [9.17, 15) is 4.79 Å². The first kappa shape index (κ1) is 14.6. The summed E-state index contributed by atoms with van der Waals surface area (Å²) in [4.78, 5) is 16.9. The summed E-state index contributed by atoms with van der Waals surface area (Å²) in [7, 11) is 1.91. The van der Waals surface area contributed by atoms with Crippen molar-refractivity contribution in [2.75, 3.05) is 26.2 Å². The molecule has 1 saturated heterocycles. The van der Waals surface area contributed by atoms with Gasteiger partial charge >= 0.3 is 0 Å². The number of nitrogens with zero attached hydrogens (tertiary/aromatic N) is 3. The number of halogens is 1. The van der Waals surface area contributed by atoms with Gasteiger partial charge in [-0.1, -0.05) is 6.92 Å². The molecule has 2 heterocycles. The highest BCUT2D eigenvalue weighted by molar-refractivity contribution is 9.10. The smallest absolute Gasteiger partial charge is 0.270 e. The third kappa shape index (κ3) is 3.20. The molecule has 0 saturated carbocycles. The maximum absolute atomic E-state index is 12.4. The van der Waals surface area contributed by atoms with Crippen LogP contribution >= 0.6 is 15.9 Å². The summed E-state index contributed by atoms with van der Waals surface area (Å²) >= 11 is 3.41. The summed E-state index contributed by atoms with van der Waals surface area (Å²) in [6.45, 7) is 8.08. The molecule has 0 aromatic carbocycles. The predicted molar refractivity (Wildman–Crippen MR) is 80.3 cm³/mol. The van der Waals surface area contributed by atoms with Gasteiger partial charge in [0.15, 0.2) is 0 Å². The van der Waals surface area contributed by atoms with Crippen LogP contribution in [0.1, 0.15) is 30.8 Å². The van der Waals surface area contributed by atoms with Gasteiger partial charge in [-0.3, -0.25) is 9.69 Å². The average molecular weight is 328 g/mol. The van der Waals surface area contributed by atoms with Crippen LogP contribution in [0.3, 0.4) is 0 Å². The molecule has 19 heavy (non-hydrogen) atoms. The van der Waals surface area contributed by atoms with Crippen LogP contribution in [0.25, 0.3) is 0 Å². The molecule has 0 radical (unpaired) electrons. The lowest BCUT2D eigenvalue weighted by Crippen LogP contribution is -2.51. The molecule has 5 heteroatoms. The van der Waals surface area contributed by atoms with Crippen molar-refractivity contribution in [1.82, 2.24) is 14.4 Å². The first-order chi connectivity index (χ1) is 9.02. The second kappa shape index (κ2) is 6.09. The van der Waals surface area contributed by atoms with Crippen LogP contribution in [0, 0.1) is 0 Å². The highest BCUT2D eigenvalue weighted by Crippen LogP contribution is 2.17. The van der Waals surface area contributed by atoms with Gasteiger partial charge in [-0.05, 0) is 35.3 Å². The topological polar surface area (TPSA) is 28.5 Å². The fourth-order valence-corrected chi connectivity index (χ4v) is 3.05. The van der Waals surface area contributed by atoms with E-state index in [-0.39, 0.29) is 5.91 Å². The van der Waals surface area contributed by atoms with Gasteiger partial charge in [-0.2, -0.15) is 0 Å². The molecule has 1 aromatic heterocycles. The lowest BCUT2D eigenvalue weighted by Gasteiger charge is -2.37. The van der Waals surface area contributed by atoms with Gasteiger partial charge in [0.25, 0.3) is 5.91 Å². The number of rotatable bonds is 3. The van der Waals surface area contributed by atoms with Crippen molar-refractivity contribution >= 4 is 21.8 Å². The SMILES string of the molecule is CCC(C)N1CCN(C(=O)c2cc(Br)cn2C)CC1. The van der Waals surface area contributed by atoms with Crippen molar-refractivity contribution in [2.24, 2.45) is 7.05 Å². The molecule has 0 aliphatic carbocycles. The van der Waals surface area contributed by atoms with Crippen LogP contribution in [0.4, 0.5) is 0 Å². The van der Waals surface area contributed by atoms with Gasteiger partial charge in [-0.25, -0.2) is 0 Å². The normalized spacial score (nSPS) is 18.6. The minimum absolute atomic E-state index is 0.136. The molecule has 1 fully saturated rings. The number of carbonyl (C=O) groups is 1. The summed E-state index contributed by atoms with van der Waals surface area (Å²) in [5, 5.41) is 0. The number of carbonyl (C=O) groups excluding carboxylic acids is 1. The molecule has 1 aromatic rings. The minimum Gasteiger partial charge on any atom is -0.345 e. The van der Waals surface area contributed by atoms with Crippen molar-refractivity contribution in [3.05, 3.63) is 22.4 Å². The summed E-state index contributed by atoms with van der Waals surface area (Å²) in [5.74, 6) is 0.136. The molecule has 2 rings (SSSR count). The molecule has 106 valence electrons. The van der Waals surface area contributed by atoms with E-state index in [2.05, 4.69) is 34.7 Å². The molecule has 1 amide bonds. The monoisotopic (exact) mass is 327 g/mol. The maximum atomic E-state index is 12.4. The van der Waals surface area contributed by atoms with Gasteiger partial charge in [0, 0.05) is 49.9 Å². The highest BCUT2D eigenvalue weighted by atomic mass is 79.9. The fourth-order valence-electron chi connectivity index (χ4n) is 2.52. The lowest BCUT2D eigenvalue weighted by atomic mass is 10.2. The zero-order chi connectivity index (χ0) is 14.0. The Morgan fingerprint density at radius 1 is 1.37 bits per heavy atom. The Labute approximate surface area is 123 Å². The third-order valence-electron chi connectivity index (χ3n) is 4.01. The molecule has 4 nitrogen and oxygen atoms in total. The minimum atomic E-state index is 0.136. The number of aryl methyl sites for hydroxylation is 1. The van der Waals surface area contributed by atoms with Crippen LogP contribution in [-0.2, 0) is 7.05 Å². The molecule has 0 spiro atoms. The van der Waals surface area contributed by atoms with E-state index in [0.29, 0.717) is 6.04 Å². The first-order valence-corrected chi connectivity index (χ1v) is 7.67. The van der Waals surface area contributed by atoms with Gasteiger partial charge in [0.2, 0.25) is 0 Å². The number of piperazine rings is 1. The van der Waals surface area contributed by atoms with Gasteiger partial charge < -0.3 is 9.47 Å². The van der Waals surface area contributed by atoms with Crippen LogP contribution in [0.5, 0.6) is 0 Å². The Hall–Kier alpha value is -0.810.